The molecule has 1 N–H and O–H groups in total. The summed E-state index contributed by atoms with van der Waals surface area (Å²) in [6.45, 7) is 6.10. The van der Waals surface area contributed by atoms with Crippen LogP contribution in [0.5, 0.6) is 0 Å². The molecule has 1 amide bonds. The van der Waals surface area contributed by atoms with Crippen LogP contribution in [-0.2, 0) is 27.8 Å². The van der Waals surface area contributed by atoms with Gasteiger partial charge in [0.05, 0.1) is 22.7 Å². The van der Waals surface area contributed by atoms with Gasteiger partial charge in [0.25, 0.3) is 5.91 Å². The summed E-state index contributed by atoms with van der Waals surface area (Å²) in [5, 5.41) is 7.53. The van der Waals surface area contributed by atoms with Gasteiger partial charge in [0.15, 0.2) is 0 Å². The van der Waals surface area contributed by atoms with Gasteiger partial charge in [-0.05, 0) is 32.9 Å². The molecule has 0 radical (unpaired) electrons. The van der Waals surface area contributed by atoms with Crippen molar-refractivity contribution in [3.05, 3.63) is 47.2 Å². The highest BCUT2D eigenvalue weighted by Crippen LogP contribution is 2.33. The SMILES string of the molecule is CC(C)(C)n1nc2c(c1NC(=O)c1ccccc1)CS(=O)C2. The minimum Gasteiger partial charge on any atom is -0.306 e. The zero-order valence-electron chi connectivity index (χ0n) is 12.9. The number of aromatic nitrogens is 2. The Kier molecular flexibility index (Phi) is 3.64. The third-order valence-electron chi connectivity index (χ3n) is 3.57. The van der Waals surface area contributed by atoms with Crippen molar-refractivity contribution in [3.63, 3.8) is 0 Å². The maximum atomic E-state index is 12.4. The largest absolute Gasteiger partial charge is 0.306 e. The van der Waals surface area contributed by atoms with E-state index in [9.17, 15) is 9.00 Å². The second kappa shape index (κ2) is 5.35. The molecule has 0 saturated carbocycles. The fourth-order valence-electron chi connectivity index (χ4n) is 2.51. The molecule has 1 atom stereocenters. The number of amides is 1. The highest BCUT2D eigenvalue weighted by atomic mass is 32.2. The Morgan fingerprint density at radius 3 is 2.55 bits per heavy atom. The summed E-state index contributed by atoms with van der Waals surface area (Å²) in [4.78, 5) is 12.4. The van der Waals surface area contributed by atoms with Gasteiger partial charge in [0.2, 0.25) is 0 Å². The smallest absolute Gasteiger partial charge is 0.256 e. The van der Waals surface area contributed by atoms with E-state index < -0.39 is 10.8 Å². The van der Waals surface area contributed by atoms with Crippen molar-refractivity contribution in [2.45, 2.75) is 37.8 Å². The van der Waals surface area contributed by atoms with Crippen molar-refractivity contribution in [1.29, 1.82) is 0 Å². The molecule has 22 heavy (non-hydrogen) atoms. The summed E-state index contributed by atoms with van der Waals surface area (Å²) in [6, 6.07) is 9.07. The van der Waals surface area contributed by atoms with E-state index in [4.69, 9.17) is 0 Å². The van der Waals surface area contributed by atoms with E-state index in [1.165, 1.54) is 0 Å². The number of hydrogen-bond donors (Lipinski definition) is 1. The molecule has 0 aliphatic carbocycles. The minimum absolute atomic E-state index is 0.175. The number of benzene rings is 1. The first-order valence-electron chi connectivity index (χ1n) is 7.19. The van der Waals surface area contributed by atoms with Crippen LogP contribution in [0, 0.1) is 0 Å². The van der Waals surface area contributed by atoms with Crippen LogP contribution < -0.4 is 5.32 Å². The van der Waals surface area contributed by atoms with Crippen LogP contribution in [0.2, 0.25) is 0 Å². The predicted octanol–water partition coefficient (Wildman–Crippen LogP) is 2.65. The van der Waals surface area contributed by atoms with Gasteiger partial charge in [-0.2, -0.15) is 5.10 Å². The van der Waals surface area contributed by atoms with Crippen molar-refractivity contribution in [3.8, 4) is 0 Å². The summed E-state index contributed by atoms with van der Waals surface area (Å²) in [7, 11) is -0.920. The maximum absolute atomic E-state index is 12.4. The molecule has 1 aliphatic rings. The summed E-state index contributed by atoms with van der Waals surface area (Å²) < 4.78 is 13.6. The molecule has 1 aliphatic heterocycles. The fraction of sp³-hybridized carbons (Fsp3) is 0.375. The second-order valence-electron chi connectivity index (χ2n) is 6.41. The van der Waals surface area contributed by atoms with Crippen molar-refractivity contribution in [2.24, 2.45) is 0 Å². The summed E-state index contributed by atoms with van der Waals surface area (Å²) in [5.41, 5.74) is 2.07. The quantitative estimate of drug-likeness (QED) is 0.926. The molecule has 5 nitrogen and oxygen atoms in total. The molecule has 0 bridgehead atoms. The maximum Gasteiger partial charge on any atom is 0.256 e. The van der Waals surface area contributed by atoms with Crippen LogP contribution >= 0.6 is 0 Å². The number of rotatable bonds is 2. The van der Waals surface area contributed by atoms with Crippen molar-refractivity contribution < 1.29 is 9.00 Å². The van der Waals surface area contributed by atoms with Crippen LogP contribution in [0.25, 0.3) is 0 Å². The van der Waals surface area contributed by atoms with Crippen molar-refractivity contribution >= 4 is 22.5 Å². The standard InChI is InChI=1S/C16H19N3O2S/c1-16(2,3)19-14(12-9-22(21)10-13(12)18-19)17-15(20)11-7-5-4-6-8-11/h4-8H,9-10H2,1-3H3,(H,17,20). The molecule has 0 saturated heterocycles. The van der Waals surface area contributed by atoms with E-state index in [0.29, 0.717) is 22.9 Å². The van der Waals surface area contributed by atoms with Crippen molar-refractivity contribution in [2.75, 3.05) is 5.32 Å². The first-order chi connectivity index (χ1) is 10.4. The van der Waals surface area contributed by atoms with E-state index in [-0.39, 0.29) is 11.4 Å². The zero-order chi connectivity index (χ0) is 15.9. The Hall–Kier alpha value is -1.95. The third kappa shape index (κ3) is 2.70. The van der Waals surface area contributed by atoms with Gasteiger partial charge in [-0.25, -0.2) is 4.68 Å². The average Bonchev–Trinajstić information content (AvgIpc) is 2.97. The number of hydrogen-bond acceptors (Lipinski definition) is 3. The molecular weight excluding hydrogens is 298 g/mol. The van der Waals surface area contributed by atoms with Gasteiger partial charge in [-0.1, -0.05) is 18.2 Å². The molecule has 6 heteroatoms. The number of nitrogens with one attached hydrogen (secondary N) is 1. The van der Waals surface area contributed by atoms with E-state index in [1.807, 2.05) is 43.7 Å². The van der Waals surface area contributed by atoms with Crippen LogP contribution in [0.3, 0.4) is 0 Å². The van der Waals surface area contributed by atoms with E-state index >= 15 is 0 Å². The lowest BCUT2D eigenvalue weighted by Gasteiger charge is -2.23. The summed E-state index contributed by atoms with van der Waals surface area (Å²) >= 11 is 0. The molecule has 116 valence electrons. The van der Waals surface area contributed by atoms with Gasteiger partial charge in [-0.3, -0.25) is 9.00 Å². The molecule has 2 heterocycles. The number of carbonyl (C=O) groups is 1. The number of fused-ring (bicyclic) bond motifs is 1. The lowest BCUT2D eigenvalue weighted by Crippen LogP contribution is -2.27. The lowest BCUT2D eigenvalue weighted by molar-refractivity contribution is 0.102. The van der Waals surface area contributed by atoms with Gasteiger partial charge in [-0.15, -0.1) is 0 Å². The van der Waals surface area contributed by atoms with E-state index in [2.05, 4.69) is 10.4 Å². The number of nitrogens with zero attached hydrogens (tertiary/aromatic N) is 2. The minimum atomic E-state index is -0.920. The third-order valence-corrected chi connectivity index (χ3v) is 4.78. The first-order valence-corrected chi connectivity index (χ1v) is 8.67. The molecule has 3 rings (SSSR count). The van der Waals surface area contributed by atoms with E-state index in [1.54, 1.807) is 12.1 Å². The Balaban J connectivity index is 1.99. The monoisotopic (exact) mass is 317 g/mol. The van der Waals surface area contributed by atoms with Gasteiger partial charge >= 0.3 is 0 Å². The summed E-state index contributed by atoms with van der Waals surface area (Å²) in [6.07, 6.45) is 0. The molecular formula is C16H19N3O2S. The fourth-order valence-corrected chi connectivity index (χ4v) is 3.78. The van der Waals surface area contributed by atoms with Gasteiger partial charge < -0.3 is 5.32 Å². The average molecular weight is 317 g/mol. The van der Waals surface area contributed by atoms with E-state index in [0.717, 1.165) is 11.3 Å². The summed E-state index contributed by atoms with van der Waals surface area (Å²) in [5.74, 6) is 1.41. The number of carbonyl (C=O) groups excluding carboxylic acids is 1. The Bertz CT molecular complexity index is 745. The predicted molar refractivity (Wildman–Crippen MR) is 87.2 cm³/mol. The molecule has 1 unspecified atom stereocenters. The highest BCUT2D eigenvalue weighted by molar-refractivity contribution is 7.83. The Morgan fingerprint density at radius 1 is 1.23 bits per heavy atom. The number of anilines is 1. The topological polar surface area (TPSA) is 64.0 Å². The molecule has 0 fully saturated rings. The van der Waals surface area contributed by atoms with Crippen LogP contribution in [0.1, 0.15) is 42.4 Å². The highest BCUT2D eigenvalue weighted by Gasteiger charge is 2.31. The van der Waals surface area contributed by atoms with Gasteiger partial charge in [0.1, 0.15) is 5.82 Å². The molecule has 0 spiro atoms. The normalized spacial score (nSPS) is 17.3. The lowest BCUT2D eigenvalue weighted by atomic mass is 10.1. The van der Waals surface area contributed by atoms with Crippen LogP contribution in [-0.4, -0.2) is 19.9 Å². The zero-order valence-corrected chi connectivity index (χ0v) is 13.7. The van der Waals surface area contributed by atoms with Crippen LogP contribution in [0.4, 0.5) is 5.82 Å². The van der Waals surface area contributed by atoms with Gasteiger partial charge in [0, 0.05) is 21.9 Å². The Morgan fingerprint density at radius 2 is 1.91 bits per heavy atom. The molecule has 1 aromatic carbocycles. The van der Waals surface area contributed by atoms with Crippen molar-refractivity contribution in [1.82, 2.24) is 9.78 Å². The Labute approximate surface area is 132 Å². The van der Waals surface area contributed by atoms with Crippen LogP contribution in [0.15, 0.2) is 30.3 Å². The molecule has 2 aromatic rings. The molecule has 1 aromatic heterocycles. The second-order valence-corrected chi connectivity index (χ2v) is 7.86. The first kappa shape index (κ1) is 15.0.